The van der Waals surface area contributed by atoms with Crippen molar-refractivity contribution in [3.63, 3.8) is 0 Å². The van der Waals surface area contributed by atoms with Gasteiger partial charge in [0.05, 0.1) is 24.2 Å². The molecule has 2 aliphatic heterocycles. The Kier molecular flexibility index (Phi) is 5.66. The number of piperidine rings is 1. The van der Waals surface area contributed by atoms with Crippen LogP contribution in [-0.4, -0.2) is 50.6 Å². The number of pyridine rings is 1. The summed E-state index contributed by atoms with van der Waals surface area (Å²) in [5.41, 5.74) is 2.05. The summed E-state index contributed by atoms with van der Waals surface area (Å²) in [7, 11) is -3.56. The van der Waals surface area contributed by atoms with E-state index in [1.807, 2.05) is 31.2 Å². The van der Waals surface area contributed by atoms with Crippen molar-refractivity contribution < 1.29 is 13.2 Å². The van der Waals surface area contributed by atoms with E-state index < -0.39 is 10.0 Å². The SMILES string of the molecule is Cc1ccc(S(=O)(=O)N2CCCC[C@H]2c2cccnc2N2CCOCC2)cc1. The van der Waals surface area contributed by atoms with Crippen molar-refractivity contribution in [3.05, 3.63) is 53.7 Å². The molecule has 2 saturated heterocycles. The first-order valence-corrected chi connectivity index (χ1v) is 11.4. The third kappa shape index (κ3) is 3.79. The number of nitrogens with zero attached hydrogens (tertiary/aromatic N) is 3. The topological polar surface area (TPSA) is 62.7 Å². The van der Waals surface area contributed by atoms with Crippen molar-refractivity contribution in [2.75, 3.05) is 37.7 Å². The Hall–Kier alpha value is -1.96. The molecule has 1 aromatic heterocycles. The van der Waals surface area contributed by atoms with Gasteiger partial charge < -0.3 is 9.64 Å². The molecule has 0 unspecified atom stereocenters. The molecular formula is C21H27N3O3S. The molecule has 0 aliphatic carbocycles. The van der Waals surface area contributed by atoms with Gasteiger partial charge in [-0.25, -0.2) is 13.4 Å². The summed E-state index contributed by atoms with van der Waals surface area (Å²) in [5.74, 6) is 0.891. The molecular weight excluding hydrogens is 374 g/mol. The quantitative estimate of drug-likeness (QED) is 0.788. The summed E-state index contributed by atoms with van der Waals surface area (Å²) in [6, 6.07) is 10.9. The zero-order chi connectivity index (χ0) is 19.6. The Labute approximate surface area is 167 Å². The molecule has 1 atom stereocenters. The van der Waals surface area contributed by atoms with Crippen LogP contribution < -0.4 is 4.90 Å². The van der Waals surface area contributed by atoms with E-state index in [0.717, 1.165) is 49.3 Å². The third-order valence-corrected chi connectivity index (χ3v) is 7.49. The van der Waals surface area contributed by atoms with Gasteiger partial charge >= 0.3 is 0 Å². The van der Waals surface area contributed by atoms with Gasteiger partial charge in [0, 0.05) is 31.4 Å². The largest absolute Gasteiger partial charge is 0.378 e. The molecule has 0 N–H and O–H groups in total. The Morgan fingerprint density at radius 1 is 1.04 bits per heavy atom. The highest BCUT2D eigenvalue weighted by Crippen LogP contribution is 2.38. The molecule has 2 aromatic rings. The molecule has 150 valence electrons. The third-order valence-electron chi connectivity index (χ3n) is 5.57. The summed E-state index contributed by atoms with van der Waals surface area (Å²) >= 11 is 0. The lowest BCUT2D eigenvalue weighted by atomic mass is 9.97. The Bertz CT molecular complexity index is 909. The van der Waals surface area contributed by atoms with Crippen LogP contribution >= 0.6 is 0 Å². The van der Waals surface area contributed by atoms with Gasteiger partial charge in [-0.15, -0.1) is 0 Å². The Morgan fingerprint density at radius 3 is 2.54 bits per heavy atom. The van der Waals surface area contributed by atoms with E-state index in [1.54, 1.807) is 22.6 Å². The van der Waals surface area contributed by atoms with Gasteiger partial charge in [-0.2, -0.15) is 4.31 Å². The minimum atomic E-state index is -3.56. The van der Waals surface area contributed by atoms with E-state index in [9.17, 15) is 8.42 Å². The van der Waals surface area contributed by atoms with Gasteiger partial charge in [0.2, 0.25) is 10.0 Å². The van der Waals surface area contributed by atoms with Crippen LogP contribution in [0.4, 0.5) is 5.82 Å². The van der Waals surface area contributed by atoms with E-state index in [0.29, 0.717) is 24.7 Å². The Morgan fingerprint density at radius 2 is 1.79 bits per heavy atom. The fourth-order valence-corrected chi connectivity index (χ4v) is 5.73. The average Bonchev–Trinajstić information content (AvgIpc) is 2.75. The first-order valence-electron chi connectivity index (χ1n) is 9.93. The zero-order valence-electron chi connectivity index (χ0n) is 16.3. The van der Waals surface area contributed by atoms with Crippen molar-refractivity contribution in [3.8, 4) is 0 Å². The normalized spacial score (nSPS) is 21.6. The number of aryl methyl sites for hydroxylation is 1. The highest BCUT2D eigenvalue weighted by molar-refractivity contribution is 7.89. The molecule has 7 heteroatoms. The molecule has 2 fully saturated rings. The number of morpholine rings is 1. The van der Waals surface area contributed by atoms with Crippen LogP contribution in [0.2, 0.25) is 0 Å². The number of hydrogen-bond donors (Lipinski definition) is 0. The number of rotatable bonds is 4. The molecule has 28 heavy (non-hydrogen) atoms. The number of aromatic nitrogens is 1. The second-order valence-electron chi connectivity index (χ2n) is 7.46. The minimum absolute atomic E-state index is 0.188. The van der Waals surface area contributed by atoms with Crippen molar-refractivity contribution >= 4 is 15.8 Å². The maximum absolute atomic E-state index is 13.4. The highest BCUT2D eigenvalue weighted by atomic mass is 32.2. The summed E-state index contributed by atoms with van der Waals surface area (Å²) in [6.45, 7) is 5.41. The summed E-state index contributed by atoms with van der Waals surface area (Å²) in [5, 5.41) is 0. The van der Waals surface area contributed by atoms with E-state index in [2.05, 4.69) is 9.88 Å². The van der Waals surface area contributed by atoms with Crippen LogP contribution in [0.25, 0.3) is 0 Å². The highest BCUT2D eigenvalue weighted by Gasteiger charge is 2.36. The predicted molar refractivity (Wildman–Crippen MR) is 109 cm³/mol. The van der Waals surface area contributed by atoms with Gasteiger partial charge in [-0.1, -0.05) is 30.2 Å². The van der Waals surface area contributed by atoms with E-state index in [1.165, 1.54) is 0 Å². The summed E-state index contributed by atoms with van der Waals surface area (Å²) in [4.78, 5) is 7.20. The first-order chi connectivity index (χ1) is 13.6. The van der Waals surface area contributed by atoms with Crippen molar-refractivity contribution in [2.24, 2.45) is 0 Å². The van der Waals surface area contributed by atoms with E-state index in [4.69, 9.17) is 4.74 Å². The smallest absolute Gasteiger partial charge is 0.243 e. The molecule has 2 aliphatic rings. The number of ether oxygens (including phenoxy) is 1. The molecule has 0 spiro atoms. The maximum Gasteiger partial charge on any atom is 0.243 e. The Balaban J connectivity index is 1.71. The maximum atomic E-state index is 13.4. The average molecular weight is 402 g/mol. The number of anilines is 1. The van der Waals surface area contributed by atoms with Crippen LogP contribution in [0, 0.1) is 6.92 Å². The van der Waals surface area contributed by atoms with Gasteiger partial charge in [0.15, 0.2) is 0 Å². The first kappa shape index (κ1) is 19.4. The van der Waals surface area contributed by atoms with Crippen molar-refractivity contribution in [2.45, 2.75) is 37.1 Å². The monoisotopic (exact) mass is 401 g/mol. The zero-order valence-corrected chi connectivity index (χ0v) is 17.1. The van der Waals surface area contributed by atoms with Crippen LogP contribution in [-0.2, 0) is 14.8 Å². The number of benzene rings is 1. The van der Waals surface area contributed by atoms with Gasteiger partial charge in [-0.05, 0) is 38.0 Å². The van der Waals surface area contributed by atoms with Gasteiger partial charge in [-0.3, -0.25) is 0 Å². The molecule has 0 amide bonds. The number of hydrogen-bond acceptors (Lipinski definition) is 5. The van der Waals surface area contributed by atoms with Gasteiger partial charge in [0.25, 0.3) is 0 Å². The standard InChI is InChI=1S/C21H27N3O3S/c1-17-7-9-18(10-8-17)28(25,26)24-12-3-2-6-20(24)19-5-4-11-22-21(19)23-13-15-27-16-14-23/h4-5,7-11,20H,2-3,6,12-16H2,1H3/t20-/m0/s1. The fourth-order valence-electron chi connectivity index (χ4n) is 4.06. The summed E-state index contributed by atoms with van der Waals surface area (Å²) < 4.78 is 34.0. The number of sulfonamides is 1. The predicted octanol–water partition coefficient (Wildman–Crippen LogP) is 3.14. The van der Waals surface area contributed by atoms with E-state index in [-0.39, 0.29) is 6.04 Å². The van der Waals surface area contributed by atoms with Crippen LogP contribution in [0.5, 0.6) is 0 Å². The molecule has 0 saturated carbocycles. The molecule has 3 heterocycles. The minimum Gasteiger partial charge on any atom is -0.378 e. The van der Waals surface area contributed by atoms with Crippen LogP contribution in [0.3, 0.4) is 0 Å². The summed E-state index contributed by atoms with van der Waals surface area (Å²) in [6.07, 6.45) is 4.50. The molecule has 0 bridgehead atoms. The second kappa shape index (κ2) is 8.19. The molecule has 6 nitrogen and oxygen atoms in total. The van der Waals surface area contributed by atoms with Crippen molar-refractivity contribution in [1.82, 2.24) is 9.29 Å². The van der Waals surface area contributed by atoms with Crippen molar-refractivity contribution in [1.29, 1.82) is 0 Å². The van der Waals surface area contributed by atoms with E-state index >= 15 is 0 Å². The fraction of sp³-hybridized carbons (Fsp3) is 0.476. The lowest BCUT2D eigenvalue weighted by Crippen LogP contribution is -2.41. The van der Waals surface area contributed by atoms with Crippen LogP contribution in [0.15, 0.2) is 47.5 Å². The van der Waals surface area contributed by atoms with Crippen LogP contribution in [0.1, 0.15) is 36.4 Å². The lowest BCUT2D eigenvalue weighted by molar-refractivity contribution is 0.122. The van der Waals surface area contributed by atoms with Gasteiger partial charge in [0.1, 0.15) is 5.82 Å². The molecule has 1 aromatic carbocycles. The lowest BCUT2D eigenvalue weighted by Gasteiger charge is -2.37. The molecule has 4 rings (SSSR count). The second-order valence-corrected chi connectivity index (χ2v) is 9.35. The molecule has 0 radical (unpaired) electrons.